The van der Waals surface area contributed by atoms with E-state index in [1.165, 1.54) is 0 Å². The third-order valence-electron chi connectivity index (χ3n) is 11.9. The van der Waals surface area contributed by atoms with Crippen LogP contribution in [0.15, 0.2) is 108 Å². The van der Waals surface area contributed by atoms with E-state index in [-0.39, 0.29) is 61.8 Å². The Morgan fingerprint density at radius 1 is 0.612 bits per heavy atom. The number of nitrogens with two attached hydrogens (primary N) is 3. The second kappa shape index (κ2) is 26.8. The summed E-state index contributed by atoms with van der Waals surface area (Å²) >= 11 is 0. The minimum atomic E-state index is -0.788. The first-order chi connectivity index (χ1) is 32.3. The maximum atomic E-state index is 14.2. The quantitative estimate of drug-likeness (QED) is 0.0177. The predicted molar refractivity (Wildman–Crippen MR) is 271 cm³/mol. The lowest BCUT2D eigenvalue weighted by atomic mass is 9.89. The number of aliphatic imine (C=N–C) groups is 1. The van der Waals surface area contributed by atoms with Crippen molar-refractivity contribution in [3.05, 3.63) is 109 Å². The monoisotopic (exact) mass is 913 g/mol. The van der Waals surface area contributed by atoms with Crippen LogP contribution in [0.4, 0.5) is 0 Å². The fraction of sp³-hybridized carbons (Fsp3) is 0.436. The number of nitrogens with one attached hydrogen (secondary N) is 2. The summed E-state index contributed by atoms with van der Waals surface area (Å²) in [4.78, 5) is 59.6. The number of carbonyl (C=O) groups is 4. The number of Topliss-reactive ketones (excluding diaryl/α,β-unsaturated/α-hetero) is 2. The van der Waals surface area contributed by atoms with E-state index in [1.54, 1.807) is 0 Å². The van der Waals surface area contributed by atoms with Crippen molar-refractivity contribution in [1.29, 1.82) is 0 Å². The lowest BCUT2D eigenvalue weighted by Gasteiger charge is -2.25. The SMILES string of the molecule is CC(C)CCOc1ccc2ccccc2c1-c1c(OCCCC(=O)[C@@H](CCCCN)NC(=O)[C@@H](CCCN=C(N)N)CC(=O)[C@@H](CC(C)C)NC(=O)Cc2ccccc2)ccc2ccccc12. The van der Waals surface area contributed by atoms with E-state index >= 15 is 0 Å². The molecular formula is C55H72N6O6. The van der Waals surface area contributed by atoms with E-state index in [2.05, 4.69) is 65.9 Å². The number of amides is 2. The van der Waals surface area contributed by atoms with E-state index in [0.29, 0.717) is 69.8 Å². The Morgan fingerprint density at radius 3 is 1.82 bits per heavy atom. The highest BCUT2D eigenvalue weighted by Gasteiger charge is 2.31. The topological polar surface area (TPSA) is 201 Å². The molecule has 5 aromatic carbocycles. The Labute approximate surface area is 396 Å². The van der Waals surface area contributed by atoms with Crippen LogP contribution in [-0.2, 0) is 25.6 Å². The number of benzene rings is 5. The molecule has 5 aromatic rings. The zero-order chi connectivity index (χ0) is 48.1. The van der Waals surface area contributed by atoms with Crippen molar-refractivity contribution in [2.24, 2.45) is 39.9 Å². The van der Waals surface area contributed by atoms with Crippen molar-refractivity contribution in [1.82, 2.24) is 10.6 Å². The number of nitrogens with zero attached hydrogens (tertiary/aromatic N) is 1. The maximum absolute atomic E-state index is 14.2. The molecule has 12 nitrogen and oxygen atoms in total. The molecule has 0 spiro atoms. The van der Waals surface area contributed by atoms with Crippen molar-refractivity contribution in [2.45, 2.75) is 110 Å². The molecule has 0 aliphatic heterocycles. The molecule has 67 heavy (non-hydrogen) atoms. The Morgan fingerprint density at radius 2 is 1.22 bits per heavy atom. The average Bonchev–Trinajstić information content (AvgIpc) is 3.30. The summed E-state index contributed by atoms with van der Waals surface area (Å²) in [5.41, 5.74) is 19.7. The highest BCUT2D eigenvalue weighted by atomic mass is 16.5. The van der Waals surface area contributed by atoms with Gasteiger partial charge in [0.05, 0.1) is 31.7 Å². The first-order valence-corrected chi connectivity index (χ1v) is 24.1. The second-order valence-electron chi connectivity index (χ2n) is 18.3. The van der Waals surface area contributed by atoms with Crippen LogP contribution in [0.3, 0.4) is 0 Å². The van der Waals surface area contributed by atoms with Crippen molar-refractivity contribution < 1.29 is 28.7 Å². The summed E-state index contributed by atoms with van der Waals surface area (Å²) in [5.74, 6) is 0.173. The fourth-order valence-electron chi connectivity index (χ4n) is 8.39. The molecule has 0 saturated carbocycles. The number of hydrogen-bond acceptors (Lipinski definition) is 8. The number of unbranched alkanes of at least 4 members (excludes halogenated alkanes) is 1. The average molecular weight is 913 g/mol. The van der Waals surface area contributed by atoms with Crippen LogP contribution in [0.1, 0.15) is 97.5 Å². The number of hydrogen-bond donors (Lipinski definition) is 5. The molecule has 0 aliphatic carbocycles. The van der Waals surface area contributed by atoms with Gasteiger partial charge in [-0.15, -0.1) is 0 Å². The summed E-state index contributed by atoms with van der Waals surface area (Å²) in [7, 11) is 0. The highest BCUT2D eigenvalue weighted by molar-refractivity contribution is 6.09. The van der Waals surface area contributed by atoms with Gasteiger partial charge in [-0.1, -0.05) is 119 Å². The van der Waals surface area contributed by atoms with E-state index < -0.39 is 23.9 Å². The van der Waals surface area contributed by atoms with E-state index in [4.69, 9.17) is 26.7 Å². The van der Waals surface area contributed by atoms with Gasteiger partial charge >= 0.3 is 0 Å². The molecule has 0 radical (unpaired) electrons. The Balaban J connectivity index is 1.32. The largest absolute Gasteiger partial charge is 0.493 e. The second-order valence-corrected chi connectivity index (χ2v) is 18.3. The molecule has 0 fully saturated rings. The van der Waals surface area contributed by atoms with E-state index in [9.17, 15) is 19.2 Å². The molecule has 358 valence electrons. The molecule has 8 N–H and O–H groups in total. The van der Waals surface area contributed by atoms with Gasteiger partial charge in [-0.25, -0.2) is 0 Å². The van der Waals surface area contributed by atoms with E-state index in [1.807, 2.05) is 80.6 Å². The maximum Gasteiger partial charge on any atom is 0.224 e. The lowest BCUT2D eigenvalue weighted by molar-refractivity contribution is -0.134. The van der Waals surface area contributed by atoms with Crippen LogP contribution in [0.5, 0.6) is 11.5 Å². The predicted octanol–water partition coefficient (Wildman–Crippen LogP) is 8.83. The molecule has 0 saturated heterocycles. The third kappa shape index (κ3) is 16.2. The first-order valence-electron chi connectivity index (χ1n) is 24.1. The summed E-state index contributed by atoms with van der Waals surface area (Å²) in [5, 5.41) is 10.2. The summed E-state index contributed by atoms with van der Waals surface area (Å²) in [6, 6.07) is 32.5. The normalized spacial score (nSPS) is 12.7. The Kier molecular flexibility index (Phi) is 20.7. The van der Waals surface area contributed by atoms with E-state index in [0.717, 1.165) is 50.4 Å². The van der Waals surface area contributed by atoms with Gasteiger partial charge in [0.2, 0.25) is 11.8 Å². The van der Waals surface area contributed by atoms with Gasteiger partial charge in [0.1, 0.15) is 11.5 Å². The van der Waals surface area contributed by atoms with Gasteiger partial charge in [0.25, 0.3) is 0 Å². The molecule has 3 atom stereocenters. The van der Waals surface area contributed by atoms with Crippen LogP contribution in [0.25, 0.3) is 32.7 Å². The van der Waals surface area contributed by atoms with Gasteiger partial charge in [-0.05, 0) is 109 Å². The van der Waals surface area contributed by atoms with Gasteiger partial charge in [-0.3, -0.25) is 24.2 Å². The summed E-state index contributed by atoms with van der Waals surface area (Å²) in [6.07, 6.45) is 4.36. The van der Waals surface area contributed by atoms with Gasteiger partial charge < -0.3 is 37.3 Å². The zero-order valence-electron chi connectivity index (χ0n) is 39.9. The Hall–Kier alpha value is -6.27. The minimum Gasteiger partial charge on any atom is -0.493 e. The number of ether oxygens (including phenoxy) is 2. The van der Waals surface area contributed by atoms with Crippen LogP contribution in [0, 0.1) is 17.8 Å². The van der Waals surface area contributed by atoms with Gasteiger partial charge in [0.15, 0.2) is 17.5 Å². The van der Waals surface area contributed by atoms with Crippen molar-refractivity contribution >= 4 is 50.9 Å². The van der Waals surface area contributed by atoms with Crippen molar-refractivity contribution in [3.8, 4) is 22.6 Å². The number of rotatable bonds is 29. The van der Waals surface area contributed by atoms with Crippen LogP contribution >= 0.6 is 0 Å². The molecule has 0 heterocycles. The van der Waals surface area contributed by atoms with Crippen LogP contribution in [-0.4, -0.2) is 67.7 Å². The third-order valence-corrected chi connectivity index (χ3v) is 11.9. The molecule has 2 amide bonds. The molecule has 5 rings (SSSR count). The molecule has 12 heteroatoms. The van der Waals surface area contributed by atoms with Crippen LogP contribution < -0.4 is 37.3 Å². The van der Waals surface area contributed by atoms with Gasteiger partial charge in [0, 0.05) is 36.4 Å². The molecule has 0 aromatic heterocycles. The lowest BCUT2D eigenvalue weighted by Crippen LogP contribution is -2.46. The molecule has 0 unspecified atom stereocenters. The standard InChI is InChI=1S/C55H72N6O6/c1-37(2)29-33-67-50-28-26-41-19-9-11-22-44(41)53(50)52-43-21-10-8-18-40(43)25-27-49(52)66-32-15-24-47(62)45(23-12-13-30-56)61-54(65)42(20-14-31-59-55(57)58)36-48(63)46(34-38(3)4)60-51(64)35-39-16-6-5-7-17-39/h5-11,16-19,21-22,25-28,37-38,42,45-46H,12-15,20,23-24,29-36,56H2,1-4H3,(H,60,64)(H,61,65)(H4,57,58,59)/t42-,45+,46+/m0/s1. The summed E-state index contributed by atoms with van der Waals surface area (Å²) < 4.78 is 13.1. The smallest absolute Gasteiger partial charge is 0.224 e. The van der Waals surface area contributed by atoms with Crippen molar-refractivity contribution in [3.63, 3.8) is 0 Å². The zero-order valence-corrected chi connectivity index (χ0v) is 39.9. The summed E-state index contributed by atoms with van der Waals surface area (Å²) in [6.45, 7) is 9.89. The highest BCUT2D eigenvalue weighted by Crippen LogP contribution is 2.45. The minimum absolute atomic E-state index is 0.0639. The molecule has 0 aliphatic rings. The number of fused-ring (bicyclic) bond motifs is 2. The Bertz CT molecular complexity index is 2410. The number of carbonyl (C=O) groups excluding carboxylic acids is 4. The van der Waals surface area contributed by atoms with Crippen LogP contribution in [0.2, 0.25) is 0 Å². The number of guanidine groups is 1. The van der Waals surface area contributed by atoms with Crippen molar-refractivity contribution in [2.75, 3.05) is 26.3 Å². The molecule has 0 bridgehead atoms. The van der Waals surface area contributed by atoms with Gasteiger partial charge in [-0.2, -0.15) is 0 Å². The number of ketones is 2. The fourth-order valence-corrected chi connectivity index (χ4v) is 8.39. The first kappa shape index (κ1) is 51.7. The molecular weight excluding hydrogens is 841 g/mol.